The third-order valence-corrected chi connectivity index (χ3v) is 2.39. The Balaban J connectivity index is 2.31. The fourth-order valence-corrected chi connectivity index (χ4v) is 1.50. The molecule has 0 saturated carbocycles. The van der Waals surface area contributed by atoms with Crippen LogP contribution in [0.5, 0.6) is 11.5 Å². The first-order valence-electron chi connectivity index (χ1n) is 5.33. The van der Waals surface area contributed by atoms with Crippen molar-refractivity contribution in [3.05, 3.63) is 64.2 Å². The Labute approximate surface area is 108 Å². The quantitative estimate of drug-likeness (QED) is 0.396. The van der Waals surface area contributed by atoms with E-state index in [0.29, 0.717) is 0 Å². The van der Waals surface area contributed by atoms with E-state index in [1.54, 1.807) is 12.1 Å². The minimum atomic E-state index is -0.895. The third-order valence-electron chi connectivity index (χ3n) is 2.39. The molecule has 0 heterocycles. The number of benzene rings is 2. The summed E-state index contributed by atoms with van der Waals surface area (Å²) in [4.78, 5) is 22.0. The Bertz CT molecular complexity index is 638. The van der Waals surface area contributed by atoms with E-state index in [-0.39, 0.29) is 22.7 Å². The zero-order valence-electron chi connectivity index (χ0n) is 9.65. The molecule has 0 aromatic heterocycles. The number of nitrogens with zero attached hydrogens (tertiary/aromatic N) is 1. The molecule has 0 radical (unpaired) electrons. The minimum absolute atomic E-state index is 0.0503. The summed E-state index contributed by atoms with van der Waals surface area (Å²) in [6.07, 6.45) is 0. The molecule has 0 amide bonds. The van der Waals surface area contributed by atoms with Gasteiger partial charge >= 0.3 is 5.97 Å². The van der Waals surface area contributed by atoms with Gasteiger partial charge in [0, 0.05) is 6.07 Å². The smallest absolute Gasteiger partial charge is 0.350 e. The average molecular weight is 259 g/mol. The lowest BCUT2D eigenvalue weighted by atomic mass is 10.2. The first kappa shape index (κ1) is 12.6. The van der Waals surface area contributed by atoms with Crippen LogP contribution < -0.4 is 4.74 Å². The van der Waals surface area contributed by atoms with E-state index in [2.05, 4.69) is 0 Å². The van der Waals surface area contributed by atoms with Crippen LogP contribution in [0.3, 0.4) is 0 Å². The number of esters is 1. The molecule has 0 aliphatic heterocycles. The van der Waals surface area contributed by atoms with E-state index in [9.17, 15) is 20.0 Å². The van der Waals surface area contributed by atoms with Gasteiger partial charge in [0.15, 0.2) is 11.5 Å². The highest BCUT2D eigenvalue weighted by molar-refractivity contribution is 5.95. The van der Waals surface area contributed by atoms with Gasteiger partial charge in [-0.25, -0.2) is 4.79 Å². The van der Waals surface area contributed by atoms with Crippen LogP contribution in [0.1, 0.15) is 10.4 Å². The zero-order valence-corrected chi connectivity index (χ0v) is 9.65. The molecule has 0 spiro atoms. The van der Waals surface area contributed by atoms with Gasteiger partial charge in [-0.3, -0.25) is 10.1 Å². The van der Waals surface area contributed by atoms with Gasteiger partial charge in [-0.1, -0.05) is 24.3 Å². The van der Waals surface area contributed by atoms with Crippen LogP contribution in [-0.2, 0) is 0 Å². The molecule has 0 aliphatic carbocycles. The van der Waals surface area contributed by atoms with Gasteiger partial charge < -0.3 is 9.84 Å². The van der Waals surface area contributed by atoms with Crippen molar-refractivity contribution in [1.29, 1.82) is 0 Å². The monoisotopic (exact) mass is 259 g/mol. The van der Waals surface area contributed by atoms with Crippen LogP contribution in [0.15, 0.2) is 48.5 Å². The summed E-state index contributed by atoms with van der Waals surface area (Å²) in [5, 5.41) is 20.3. The van der Waals surface area contributed by atoms with Gasteiger partial charge in [0.05, 0.1) is 4.92 Å². The number of hydrogen-bond donors (Lipinski definition) is 1. The van der Waals surface area contributed by atoms with Crippen molar-refractivity contribution in [2.24, 2.45) is 0 Å². The van der Waals surface area contributed by atoms with Crippen LogP contribution in [-0.4, -0.2) is 16.0 Å². The summed E-state index contributed by atoms with van der Waals surface area (Å²) < 4.78 is 4.93. The van der Waals surface area contributed by atoms with Gasteiger partial charge in [0.25, 0.3) is 5.69 Å². The number of rotatable bonds is 3. The number of nitro benzene ring substituents is 1. The van der Waals surface area contributed by atoms with Gasteiger partial charge in [-0.05, 0) is 18.2 Å². The summed E-state index contributed by atoms with van der Waals surface area (Å²) in [6.45, 7) is 0. The molecule has 6 nitrogen and oxygen atoms in total. The molecule has 1 N–H and O–H groups in total. The number of phenols is 1. The first-order chi connectivity index (χ1) is 9.09. The van der Waals surface area contributed by atoms with Gasteiger partial charge in [-0.2, -0.15) is 0 Å². The van der Waals surface area contributed by atoms with E-state index in [4.69, 9.17) is 4.74 Å². The van der Waals surface area contributed by atoms with E-state index in [0.717, 1.165) is 0 Å². The van der Waals surface area contributed by atoms with E-state index < -0.39 is 10.9 Å². The van der Waals surface area contributed by atoms with Crippen molar-refractivity contribution in [2.75, 3.05) is 0 Å². The van der Waals surface area contributed by atoms with Crippen molar-refractivity contribution >= 4 is 11.7 Å². The molecular weight excluding hydrogens is 250 g/mol. The summed E-state index contributed by atoms with van der Waals surface area (Å²) in [7, 11) is 0. The molecule has 2 aromatic carbocycles. The Morgan fingerprint density at radius 2 is 1.74 bits per heavy atom. The summed E-state index contributed by atoms with van der Waals surface area (Å²) >= 11 is 0. The van der Waals surface area contributed by atoms with Crippen LogP contribution in [0.4, 0.5) is 5.69 Å². The Hall–Kier alpha value is -2.89. The molecular formula is C13H9NO5. The molecule has 0 saturated heterocycles. The Morgan fingerprint density at radius 3 is 2.42 bits per heavy atom. The van der Waals surface area contributed by atoms with Crippen LogP contribution in [0.2, 0.25) is 0 Å². The SMILES string of the molecule is O=C(Oc1ccccc1O)c1ccccc1[N+](=O)[O-]. The van der Waals surface area contributed by atoms with Gasteiger partial charge in [-0.15, -0.1) is 0 Å². The van der Waals surface area contributed by atoms with E-state index in [1.807, 2.05) is 0 Å². The average Bonchev–Trinajstić information content (AvgIpc) is 2.41. The first-order valence-corrected chi connectivity index (χ1v) is 5.33. The second-order valence-corrected chi connectivity index (χ2v) is 3.63. The number of hydrogen-bond acceptors (Lipinski definition) is 5. The number of phenolic OH excluding ortho intramolecular Hbond substituents is 1. The maximum Gasteiger partial charge on any atom is 0.350 e. The predicted octanol–water partition coefficient (Wildman–Crippen LogP) is 2.52. The number of carbonyl (C=O) groups is 1. The van der Waals surface area contributed by atoms with Crippen molar-refractivity contribution < 1.29 is 19.6 Å². The number of ether oxygens (including phenoxy) is 1. The zero-order chi connectivity index (χ0) is 13.8. The maximum absolute atomic E-state index is 11.9. The number of carbonyl (C=O) groups excluding carboxylic acids is 1. The molecule has 0 atom stereocenters. The van der Waals surface area contributed by atoms with Crippen LogP contribution in [0.25, 0.3) is 0 Å². The third kappa shape index (κ3) is 2.68. The normalized spacial score (nSPS) is 9.89. The van der Waals surface area contributed by atoms with Crippen molar-refractivity contribution in [2.45, 2.75) is 0 Å². The summed E-state index contributed by atoms with van der Waals surface area (Å²) in [5.74, 6) is -1.16. The molecule has 0 aliphatic rings. The standard InChI is InChI=1S/C13H9NO5/c15-11-7-3-4-8-12(11)19-13(16)9-5-1-2-6-10(9)14(17)18/h1-8,15H. The minimum Gasteiger partial charge on any atom is -0.504 e. The maximum atomic E-state index is 11.9. The van der Waals surface area contributed by atoms with Crippen LogP contribution in [0, 0.1) is 10.1 Å². The second kappa shape index (κ2) is 5.18. The highest BCUT2D eigenvalue weighted by Crippen LogP contribution is 2.27. The molecule has 19 heavy (non-hydrogen) atoms. The molecule has 0 unspecified atom stereocenters. The number of para-hydroxylation sites is 3. The van der Waals surface area contributed by atoms with Crippen molar-refractivity contribution in [1.82, 2.24) is 0 Å². The topological polar surface area (TPSA) is 89.7 Å². The molecule has 6 heteroatoms. The number of aromatic hydroxyl groups is 1. The van der Waals surface area contributed by atoms with Crippen LogP contribution >= 0.6 is 0 Å². The predicted molar refractivity (Wildman–Crippen MR) is 66.2 cm³/mol. The summed E-state index contributed by atoms with van der Waals surface area (Å²) in [6, 6.07) is 11.3. The lowest BCUT2D eigenvalue weighted by Crippen LogP contribution is -2.11. The highest BCUT2D eigenvalue weighted by atomic mass is 16.6. The van der Waals surface area contributed by atoms with Gasteiger partial charge in [0.1, 0.15) is 5.56 Å². The molecule has 0 bridgehead atoms. The highest BCUT2D eigenvalue weighted by Gasteiger charge is 2.21. The van der Waals surface area contributed by atoms with Crippen molar-refractivity contribution in [3.63, 3.8) is 0 Å². The van der Waals surface area contributed by atoms with E-state index >= 15 is 0 Å². The second-order valence-electron chi connectivity index (χ2n) is 3.63. The molecule has 0 fully saturated rings. The Kier molecular flexibility index (Phi) is 3.42. The fraction of sp³-hybridized carbons (Fsp3) is 0. The molecule has 2 aromatic rings. The van der Waals surface area contributed by atoms with Gasteiger partial charge in [0.2, 0.25) is 0 Å². The van der Waals surface area contributed by atoms with Crippen molar-refractivity contribution in [3.8, 4) is 11.5 Å². The molecule has 96 valence electrons. The lowest BCUT2D eigenvalue weighted by molar-refractivity contribution is -0.385. The summed E-state index contributed by atoms with van der Waals surface area (Å²) in [5.41, 5.74) is -0.515. The largest absolute Gasteiger partial charge is 0.504 e. The van der Waals surface area contributed by atoms with E-state index in [1.165, 1.54) is 36.4 Å². The molecule has 2 rings (SSSR count). The Morgan fingerprint density at radius 1 is 1.11 bits per heavy atom. The lowest BCUT2D eigenvalue weighted by Gasteiger charge is -2.06. The fourth-order valence-electron chi connectivity index (χ4n) is 1.50. The number of nitro groups is 1.